The molecule has 0 aliphatic rings. The SMILES string of the molecule is COc1cc(C=O)cc(I)c1OCC(=O)Nc1ccc(F)cc1. The summed E-state index contributed by atoms with van der Waals surface area (Å²) in [7, 11) is 1.45. The van der Waals surface area contributed by atoms with Gasteiger partial charge in [0.2, 0.25) is 0 Å². The quantitative estimate of drug-likeness (QED) is 0.566. The molecule has 0 unspecified atom stereocenters. The summed E-state index contributed by atoms with van der Waals surface area (Å²) in [5.41, 5.74) is 0.923. The largest absolute Gasteiger partial charge is 0.493 e. The van der Waals surface area contributed by atoms with Gasteiger partial charge in [0.25, 0.3) is 5.91 Å². The number of benzene rings is 2. The highest BCUT2D eigenvalue weighted by molar-refractivity contribution is 14.1. The molecule has 120 valence electrons. The molecule has 5 nitrogen and oxygen atoms in total. The predicted molar refractivity (Wildman–Crippen MR) is 91.6 cm³/mol. The summed E-state index contributed by atoms with van der Waals surface area (Å²) in [6.07, 6.45) is 0.704. The fraction of sp³-hybridized carbons (Fsp3) is 0.125. The number of aldehydes is 1. The third-order valence-corrected chi connectivity index (χ3v) is 3.66. The monoisotopic (exact) mass is 429 g/mol. The third kappa shape index (κ3) is 4.65. The molecule has 0 saturated carbocycles. The van der Waals surface area contributed by atoms with Gasteiger partial charge in [-0.15, -0.1) is 0 Å². The van der Waals surface area contributed by atoms with Gasteiger partial charge in [0, 0.05) is 11.3 Å². The Labute approximate surface area is 145 Å². The smallest absolute Gasteiger partial charge is 0.262 e. The summed E-state index contributed by atoms with van der Waals surface area (Å²) in [6, 6.07) is 8.57. The number of ether oxygens (including phenoxy) is 2. The minimum absolute atomic E-state index is 0.246. The average Bonchev–Trinajstić information content (AvgIpc) is 2.55. The molecule has 1 N–H and O–H groups in total. The Morgan fingerprint density at radius 3 is 2.61 bits per heavy atom. The molecule has 2 aromatic rings. The number of amides is 1. The van der Waals surface area contributed by atoms with Crippen molar-refractivity contribution in [1.29, 1.82) is 0 Å². The van der Waals surface area contributed by atoms with Gasteiger partial charge in [-0.05, 0) is 59.0 Å². The molecule has 0 saturated heterocycles. The second-order valence-corrected chi connectivity index (χ2v) is 5.66. The van der Waals surface area contributed by atoms with Crippen LogP contribution in [0.5, 0.6) is 11.5 Å². The van der Waals surface area contributed by atoms with Crippen molar-refractivity contribution in [1.82, 2.24) is 0 Å². The molecule has 0 aromatic heterocycles. The van der Waals surface area contributed by atoms with Crippen molar-refractivity contribution in [2.75, 3.05) is 19.0 Å². The molecule has 2 aromatic carbocycles. The van der Waals surface area contributed by atoms with Crippen LogP contribution in [0, 0.1) is 9.39 Å². The van der Waals surface area contributed by atoms with E-state index >= 15 is 0 Å². The zero-order chi connectivity index (χ0) is 16.8. The Morgan fingerprint density at radius 1 is 1.30 bits per heavy atom. The number of halogens is 2. The van der Waals surface area contributed by atoms with Gasteiger partial charge >= 0.3 is 0 Å². The maximum Gasteiger partial charge on any atom is 0.262 e. The first kappa shape index (κ1) is 17.2. The number of rotatable bonds is 6. The number of hydrogen-bond acceptors (Lipinski definition) is 4. The lowest BCUT2D eigenvalue weighted by atomic mass is 10.2. The number of nitrogens with one attached hydrogen (secondary N) is 1. The minimum Gasteiger partial charge on any atom is -0.493 e. The van der Waals surface area contributed by atoms with E-state index in [0.29, 0.717) is 32.6 Å². The van der Waals surface area contributed by atoms with Crippen LogP contribution in [0.4, 0.5) is 10.1 Å². The second kappa shape index (κ2) is 7.91. The summed E-state index contributed by atoms with van der Waals surface area (Å²) in [4.78, 5) is 22.7. The molecule has 0 bridgehead atoms. The van der Waals surface area contributed by atoms with Crippen molar-refractivity contribution in [2.45, 2.75) is 0 Å². The van der Waals surface area contributed by atoms with Crippen molar-refractivity contribution in [3.63, 3.8) is 0 Å². The van der Waals surface area contributed by atoms with E-state index in [1.165, 1.54) is 37.4 Å². The fourth-order valence-corrected chi connectivity index (χ4v) is 2.60. The minimum atomic E-state index is -0.395. The van der Waals surface area contributed by atoms with Gasteiger partial charge in [0.05, 0.1) is 10.7 Å². The van der Waals surface area contributed by atoms with E-state index in [0.717, 1.165) is 0 Å². The second-order valence-electron chi connectivity index (χ2n) is 4.50. The van der Waals surface area contributed by atoms with Gasteiger partial charge in [-0.2, -0.15) is 0 Å². The van der Waals surface area contributed by atoms with Crippen LogP contribution >= 0.6 is 22.6 Å². The molecule has 23 heavy (non-hydrogen) atoms. The van der Waals surface area contributed by atoms with Crippen LogP contribution in [-0.2, 0) is 4.79 Å². The molecule has 2 rings (SSSR count). The molecule has 0 radical (unpaired) electrons. The van der Waals surface area contributed by atoms with Gasteiger partial charge in [0.1, 0.15) is 12.1 Å². The van der Waals surface area contributed by atoms with Crippen molar-refractivity contribution in [3.8, 4) is 11.5 Å². The summed E-state index contributed by atoms with van der Waals surface area (Å²) in [6.45, 7) is -0.246. The molecule has 0 aliphatic carbocycles. The predicted octanol–water partition coefficient (Wildman–Crippen LogP) is 3.27. The lowest BCUT2D eigenvalue weighted by Gasteiger charge is -2.13. The Kier molecular flexibility index (Phi) is 5.91. The van der Waals surface area contributed by atoms with Crippen LogP contribution < -0.4 is 14.8 Å². The van der Waals surface area contributed by atoms with E-state index in [1.54, 1.807) is 6.07 Å². The van der Waals surface area contributed by atoms with Crippen LogP contribution in [0.15, 0.2) is 36.4 Å². The van der Waals surface area contributed by atoms with Crippen LogP contribution in [0.2, 0.25) is 0 Å². The van der Waals surface area contributed by atoms with Crippen LogP contribution in [0.25, 0.3) is 0 Å². The summed E-state index contributed by atoms with van der Waals surface area (Å²) >= 11 is 2.00. The standard InChI is InChI=1S/C16H13FINO4/c1-22-14-7-10(8-20)6-13(18)16(14)23-9-15(21)19-12-4-2-11(17)3-5-12/h2-8H,9H2,1H3,(H,19,21). The van der Waals surface area contributed by atoms with Crippen LogP contribution in [-0.4, -0.2) is 25.9 Å². The number of carbonyl (C=O) groups is 2. The van der Waals surface area contributed by atoms with Crippen molar-refractivity contribution in [3.05, 3.63) is 51.3 Å². The Bertz CT molecular complexity index is 719. The molecular formula is C16H13FINO4. The zero-order valence-corrected chi connectivity index (χ0v) is 14.3. The Hall–Kier alpha value is -2.16. The topological polar surface area (TPSA) is 64.6 Å². The van der Waals surface area contributed by atoms with E-state index in [-0.39, 0.29) is 12.4 Å². The van der Waals surface area contributed by atoms with Gasteiger partial charge in [-0.1, -0.05) is 0 Å². The highest BCUT2D eigenvalue weighted by Crippen LogP contribution is 2.33. The highest BCUT2D eigenvalue weighted by atomic mass is 127. The highest BCUT2D eigenvalue weighted by Gasteiger charge is 2.13. The van der Waals surface area contributed by atoms with E-state index < -0.39 is 5.91 Å². The van der Waals surface area contributed by atoms with Crippen molar-refractivity contribution in [2.24, 2.45) is 0 Å². The summed E-state index contributed by atoms with van der Waals surface area (Å²) < 4.78 is 24.1. The first-order valence-electron chi connectivity index (χ1n) is 6.54. The lowest BCUT2D eigenvalue weighted by Crippen LogP contribution is -2.20. The van der Waals surface area contributed by atoms with E-state index in [9.17, 15) is 14.0 Å². The average molecular weight is 429 g/mol. The normalized spacial score (nSPS) is 10.0. The maximum absolute atomic E-state index is 12.8. The molecule has 0 atom stereocenters. The lowest BCUT2D eigenvalue weighted by molar-refractivity contribution is -0.118. The van der Waals surface area contributed by atoms with E-state index in [1.807, 2.05) is 22.6 Å². The van der Waals surface area contributed by atoms with Crippen LogP contribution in [0.3, 0.4) is 0 Å². The molecule has 0 spiro atoms. The Morgan fingerprint density at radius 2 is 2.00 bits per heavy atom. The van der Waals surface area contributed by atoms with E-state index in [2.05, 4.69) is 5.32 Å². The number of carbonyl (C=O) groups excluding carboxylic acids is 2. The number of hydrogen-bond donors (Lipinski definition) is 1. The zero-order valence-electron chi connectivity index (χ0n) is 12.1. The van der Waals surface area contributed by atoms with Gasteiger partial charge in [-0.25, -0.2) is 4.39 Å². The molecular weight excluding hydrogens is 416 g/mol. The fourth-order valence-electron chi connectivity index (χ4n) is 1.82. The Balaban J connectivity index is 2.04. The number of methoxy groups -OCH3 is 1. The number of anilines is 1. The summed E-state index contributed by atoms with van der Waals surface area (Å²) in [5, 5.41) is 2.59. The molecule has 7 heteroatoms. The van der Waals surface area contributed by atoms with Crippen molar-refractivity contribution >= 4 is 40.5 Å². The van der Waals surface area contributed by atoms with Crippen molar-refractivity contribution < 1.29 is 23.5 Å². The van der Waals surface area contributed by atoms with Gasteiger partial charge < -0.3 is 14.8 Å². The van der Waals surface area contributed by atoms with E-state index in [4.69, 9.17) is 9.47 Å². The summed E-state index contributed by atoms with van der Waals surface area (Å²) in [5.74, 6) is -0.0238. The first-order chi connectivity index (χ1) is 11.0. The van der Waals surface area contributed by atoms with Gasteiger partial charge in [0.15, 0.2) is 18.1 Å². The first-order valence-corrected chi connectivity index (χ1v) is 7.62. The van der Waals surface area contributed by atoms with Gasteiger partial charge in [-0.3, -0.25) is 9.59 Å². The maximum atomic E-state index is 12.8. The molecule has 0 heterocycles. The molecule has 0 fully saturated rings. The molecule has 1 amide bonds. The third-order valence-electron chi connectivity index (χ3n) is 2.86. The molecule has 0 aliphatic heterocycles. The van der Waals surface area contributed by atoms with Crippen LogP contribution in [0.1, 0.15) is 10.4 Å².